The van der Waals surface area contributed by atoms with E-state index in [1.165, 1.54) is 25.7 Å². The van der Waals surface area contributed by atoms with Crippen molar-refractivity contribution in [2.75, 3.05) is 12.8 Å². The van der Waals surface area contributed by atoms with E-state index in [1.807, 2.05) is 16.7 Å². The Hall–Kier alpha value is -0.220. The highest BCUT2D eigenvalue weighted by atomic mass is 32.2. The number of likely N-dealkylation sites (tertiary alicyclic amines) is 1. The standard InChI is InChI=1S/C10H18N2OS/c1-14-8-4-2-3-7(5-8)12-6-9(11)10(12)13/h7-9H,2-6,11H2,1H3. The van der Waals surface area contributed by atoms with Crippen LogP contribution in [0.15, 0.2) is 0 Å². The number of β-lactam (4-membered cyclic amide) rings is 1. The Labute approximate surface area is 89.4 Å². The molecule has 1 saturated carbocycles. The zero-order valence-corrected chi connectivity index (χ0v) is 9.43. The van der Waals surface area contributed by atoms with Gasteiger partial charge in [-0.05, 0) is 25.5 Å². The second-order valence-electron chi connectivity index (χ2n) is 4.28. The van der Waals surface area contributed by atoms with Gasteiger partial charge in [0.15, 0.2) is 0 Å². The zero-order valence-electron chi connectivity index (χ0n) is 8.61. The maximum absolute atomic E-state index is 11.4. The van der Waals surface area contributed by atoms with Crippen molar-refractivity contribution >= 4 is 17.7 Å². The summed E-state index contributed by atoms with van der Waals surface area (Å²) in [7, 11) is 0. The van der Waals surface area contributed by atoms with Crippen LogP contribution in [0.25, 0.3) is 0 Å². The van der Waals surface area contributed by atoms with E-state index in [0.29, 0.717) is 6.04 Å². The van der Waals surface area contributed by atoms with E-state index in [2.05, 4.69) is 6.26 Å². The third kappa shape index (κ3) is 1.77. The number of amides is 1. The minimum atomic E-state index is -0.204. The molecule has 0 bridgehead atoms. The summed E-state index contributed by atoms with van der Waals surface area (Å²) < 4.78 is 0. The molecule has 1 heterocycles. The van der Waals surface area contributed by atoms with Gasteiger partial charge in [-0.15, -0.1) is 0 Å². The minimum Gasteiger partial charge on any atom is -0.336 e. The van der Waals surface area contributed by atoms with E-state index < -0.39 is 0 Å². The van der Waals surface area contributed by atoms with Gasteiger partial charge in [0.05, 0.1) is 0 Å². The molecule has 1 saturated heterocycles. The van der Waals surface area contributed by atoms with Gasteiger partial charge in [-0.1, -0.05) is 6.42 Å². The third-order valence-electron chi connectivity index (χ3n) is 3.37. The number of nitrogens with zero attached hydrogens (tertiary/aromatic N) is 1. The molecule has 3 unspecified atom stereocenters. The molecule has 1 amide bonds. The molecular formula is C10H18N2OS. The van der Waals surface area contributed by atoms with Crippen LogP contribution in [-0.2, 0) is 4.79 Å². The van der Waals surface area contributed by atoms with E-state index in [1.54, 1.807) is 0 Å². The topological polar surface area (TPSA) is 46.3 Å². The number of hydrogen-bond donors (Lipinski definition) is 1. The number of carbonyl (C=O) groups excluding carboxylic acids is 1. The van der Waals surface area contributed by atoms with Crippen molar-refractivity contribution in [2.24, 2.45) is 5.73 Å². The lowest BCUT2D eigenvalue weighted by molar-refractivity contribution is -0.146. The first-order valence-corrected chi connectivity index (χ1v) is 6.60. The number of rotatable bonds is 2. The largest absolute Gasteiger partial charge is 0.336 e. The van der Waals surface area contributed by atoms with Gasteiger partial charge >= 0.3 is 0 Å². The van der Waals surface area contributed by atoms with E-state index in [-0.39, 0.29) is 11.9 Å². The molecule has 80 valence electrons. The van der Waals surface area contributed by atoms with E-state index in [4.69, 9.17) is 5.73 Å². The second-order valence-corrected chi connectivity index (χ2v) is 5.41. The van der Waals surface area contributed by atoms with Crippen molar-refractivity contribution in [3.63, 3.8) is 0 Å². The van der Waals surface area contributed by atoms with Crippen LogP contribution >= 0.6 is 11.8 Å². The molecule has 1 aliphatic heterocycles. The smallest absolute Gasteiger partial charge is 0.241 e. The highest BCUT2D eigenvalue weighted by molar-refractivity contribution is 7.99. The number of nitrogens with two attached hydrogens (primary N) is 1. The normalized spacial score (nSPS) is 38.3. The van der Waals surface area contributed by atoms with Crippen molar-refractivity contribution in [3.8, 4) is 0 Å². The fourth-order valence-electron chi connectivity index (χ4n) is 2.43. The summed E-state index contributed by atoms with van der Waals surface area (Å²) in [6.45, 7) is 0.782. The van der Waals surface area contributed by atoms with Crippen LogP contribution in [0.1, 0.15) is 25.7 Å². The summed E-state index contributed by atoms with van der Waals surface area (Å²) in [5, 5.41) is 0.748. The highest BCUT2D eigenvalue weighted by Gasteiger charge is 2.39. The van der Waals surface area contributed by atoms with Crippen molar-refractivity contribution in [3.05, 3.63) is 0 Å². The molecule has 0 spiro atoms. The Morgan fingerprint density at radius 2 is 2.29 bits per heavy atom. The van der Waals surface area contributed by atoms with E-state index >= 15 is 0 Å². The molecule has 2 N–H and O–H groups in total. The van der Waals surface area contributed by atoms with Gasteiger partial charge in [0.25, 0.3) is 0 Å². The molecule has 0 aromatic carbocycles. The minimum absolute atomic E-state index is 0.164. The average Bonchev–Trinajstić information content (AvgIpc) is 2.25. The van der Waals surface area contributed by atoms with E-state index in [0.717, 1.165) is 11.8 Å². The number of carbonyl (C=O) groups is 1. The van der Waals surface area contributed by atoms with E-state index in [9.17, 15) is 4.79 Å². The molecule has 14 heavy (non-hydrogen) atoms. The highest BCUT2D eigenvalue weighted by Crippen LogP contribution is 2.31. The van der Waals surface area contributed by atoms with Crippen molar-refractivity contribution < 1.29 is 4.79 Å². The maximum atomic E-state index is 11.4. The Morgan fingerprint density at radius 3 is 2.86 bits per heavy atom. The molecule has 2 fully saturated rings. The molecule has 1 aliphatic carbocycles. The van der Waals surface area contributed by atoms with Crippen LogP contribution in [0.5, 0.6) is 0 Å². The number of thioether (sulfide) groups is 1. The zero-order chi connectivity index (χ0) is 10.1. The Bertz CT molecular complexity index is 234. The summed E-state index contributed by atoms with van der Waals surface area (Å²) >= 11 is 1.93. The monoisotopic (exact) mass is 214 g/mol. The molecule has 2 rings (SSSR count). The summed E-state index contributed by atoms with van der Waals surface area (Å²) in [5.74, 6) is 0.164. The van der Waals surface area contributed by atoms with Gasteiger partial charge in [-0.3, -0.25) is 4.79 Å². The molecule has 3 atom stereocenters. The van der Waals surface area contributed by atoms with Crippen molar-refractivity contribution in [1.29, 1.82) is 0 Å². The average molecular weight is 214 g/mol. The fraction of sp³-hybridized carbons (Fsp3) is 0.900. The van der Waals surface area contributed by atoms with Gasteiger partial charge in [0.2, 0.25) is 5.91 Å². The van der Waals surface area contributed by atoms with Crippen LogP contribution in [0.4, 0.5) is 0 Å². The predicted molar refractivity (Wildman–Crippen MR) is 59.2 cm³/mol. The van der Waals surface area contributed by atoms with Gasteiger partial charge in [-0.25, -0.2) is 0 Å². The van der Waals surface area contributed by atoms with Crippen molar-refractivity contribution in [2.45, 2.75) is 43.0 Å². The molecule has 3 nitrogen and oxygen atoms in total. The first kappa shape index (κ1) is 10.3. The first-order valence-electron chi connectivity index (χ1n) is 5.31. The molecular weight excluding hydrogens is 196 g/mol. The van der Waals surface area contributed by atoms with Crippen LogP contribution in [0.2, 0.25) is 0 Å². The van der Waals surface area contributed by atoms with Crippen LogP contribution in [0.3, 0.4) is 0 Å². The molecule has 0 aromatic heterocycles. The summed E-state index contributed by atoms with van der Waals surface area (Å²) in [6.07, 6.45) is 7.08. The molecule has 0 aromatic rings. The molecule has 2 aliphatic rings. The molecule has 4 heteroatoms. The lowest BCUT2D eigenvalue weighted by Gasteiger charge is -2.45. The Balaban J connectivity index is 1.89. The lowest BCUT2D eigenvalue weighted by atomic mass is 9.90. The van der Waals surface area contributed by atoms with Crippen LogP contribution in [0, 0.1) is 0 Å². The van der Waals surface area contributed by atoms with Crippen LogP contribution < -0.4 is 5.73 Å². The number of hydrogen-bond acceptors (Lipinski definition) is 3. The molecule has 0 radical (unpaired) electrons. The summed E-state index contributed by atoms with van der Waals surface area (Å²) in [6, 6.07) is 0.276. The van der Waals surface area contributed by atoms with Gasteiger partial charge in [0, 0.05) is 17.8 Å². The summed E-state index contributed by atoms with van der Waals surface area (Å²) in [4.78, 5) is 13.4. The first-order chi connectivity index (χ1) is 6.72. The van der Waals surface area contributed by atoms with Gasteiger partial charge in [0.1, 0.15) is 6.04 Å². The van der Waals surface area contributed by atoms with Gasteiger partial charge < -0.3 is 10.6 Å². The van der Waals surface area contributed by atoms with Crippen LogP contribution in [-0.4, -0.2) is 40.9 Å². The summed E-state index contributed by atoms with van der Waals surface area (Å²) in [5.41, 5.74) is 5.59. The Kier molecular flexibility index (Phi) is 3.02. The van der Waals surface area contributed by atoms with Crippen molar-refractivity contribution in [1.82, 2.24) is 4.90 Å². The maximum Gasteiger partial charge on any atom is 0.241 e. The Morgan fingerprint density at radius 1 is 1.50 bits per heavy atom. The predicted octanol–water partition coefficient (Wildman–Crippen LogP) is 0.830. The van der Waals surface area contributed by atoms with Gasteiger partial charge in [-0.2, -0.15) is 11.8 Å². The second kappa shape index (κ2) is 4.11. The lowest BCUT2D eigenvalue weighted by Crippen LogP contribution is -2.64. The quantitative estimate of drug-likeness (QED) is 0.693. The third-order valence-corrected chi connectivity index (χ3v) is 4.46. The SMILES string of the molecule is CSC1CCCC(N2CC(N)C2=O)C1. The fourth-order valence-corrected chi connectivity index (χ4v) is 3.24.